The standard InChI is InChI=1S/C20H15F3N6O3S/c1-31-15-4-2-3-13(9-15)29-18-17(27-28-29)19(25-11-24-18)33-10-16(30)26-12-5-7-14(8-6-12)32-20(21,22)23/h2-9,11H,10H2,1H3,(H,26,30). The van der Waals surface area contributed by atoms with E-state index in [-0.39, 0.29) is 17.4 Å². The van der Waals surface area contributed by atoms with E-state index in [1.165, 1.54) is 23.1 Å². The van der Waals surface area contributed by atoms with E-state index in [1.807, 2.05) is 12.1 Å². The number of benzene rings is 2. The van der Waals surface area contributed by atoms with Gasteiger partial charge < -0.3 is 14.8 Å². The Labute approximate surface area is 188 Å². The Bertz CT molecular complexity index is 1280. The Morgan fingerprint density at radius 2 is 1.91 bits per heavy atom. The number of methoxy groups -OCH3 is 1. The van der Waals surface area contributed by atoms with E-state index in [2.05, 4.69) is 30.3 Å². The second kappa shape index (κ2) is 9.32. The molecule has 0 spiro atoms. The highest BCUT2D eigenvalue weighted by Gasteiger charge is 2.31. The average molecular weight is 476 g/mol. The number of hydrogen-bond donors (Lipinski definition) is 1. The molecule has 4 aromatic rings. The molecule has 1 amide bonds. The smallest absolute Gasteiger partial charge is 0.497 e. The van der Waals surface area contributed by atoms with Crippen LogP contribution >= 0.6 is 11.8 Å². The van der Waals surface area contributed by atoms with Gasteiger partial charge in [-0.1, -0.05) is 23.0 Å². The molecule has 0 aliphatic carbocycles. The molecule has 9 nitrogen and oxygen atoms in total. The van der Waals surface area contributed by atoms with Gasteiger partial charge in [-0.05, 0) is 36.4 Å². The number of thioether (sulfide) groups is 1. The molecule has 2 aromatic heterocycles. The molecule has 13 heteroatoms. The van der Waals surface area contributed by atoms with Crippen molar-refractivity contribution < 1.29 is 27.4 Å². The van der Waals surface area contributed by atoms with E-state index in [9.17, 15) is 18.0 Å². The van der Waals surface area contributed by atoms with E-state index in [0.29, 0.717) is 33.3 Å². The predicted molar refractivity (Wildman–Crippen MR) is 113 cm³/mol. The third-order valence-corrected chi connectivity index (χ3v) is 5.19. The molecule has 0 radical (unpaired) electrons. The lowest BCUT2D eigenvalue weighted by Gasteiger charge is -2.10. The highest BCUT2D eigenvalue weighted by atomic mass is 32.2. The summed E-state index contributed by atoms with van der Waals surface area (Å²) < 4.78 is 47.3. The molecule has 4 rings (SSSR count). The third-order valence-electron chi connectivity index (χ3n) is 4.21. The van der Waals surface area contributed by atoms with E-state index in [0.717, 1.165) is 23.9 Å². The van der Waals surface area contributed by atoms with Gasteiger partial charge in [-0.2, -0.15) is 4.68 Å². The number of halogens is 3. The van der Waals surface area contributed by atoms with Crippen LogP contribution in [0.1, 0.15) is 0 Å². The van der Waals surface area contributed by atoms with Gasteiger partial charge in [0, 0.05) is 11.8 Å². The minimum absolute atomic E-state index is 0.0149. The van der Waals surface area contributed by atoms with Crippen LogP contribution in [-0.2, 0) is 4.79 Å². The lowest BCUT2D eigenvalue weighted by atomic mass is 10.3. The van der Waals surface area contributed by atoms with Crippen LogP contribution in [0.3, 0.4) is 0 Å². The maximum Gasteiger partial charge on any atom is 0.573 e. The molecular weight excluding hydrogens is 461 g/mol. The molecule has 0 unspecified atom stereocenters. The number of hydrogen-bond acceptors (Lipinski definition) is 8. The second-order valence-corrected chi connectivity index (χ2v) is 7.43. The van der Waals surface area contributed by atoms with Crippen LogP contribution in [-0.4, -0.2) is 50.1 Å². The normalized spacial score (nSPS) is 11.4. The lowest BCUT2D eigenvalue weighted by molar-refractivity contribution is -0.274. The Morgan fingerprint density at radius 1 is 1.12 bits per heavy atom. The summed E-state index contributed by atoms with van der Waals surface area (Å²) in [5.74, 6) is -0.123. The number of alkyl halides is 3. The number of carbonyl (C=O) groups is 1. The van der Waals surface area contributed by atoms with Crippen LogP contribution in [0.15, 0.2) is 59.9 Å². The van der Waals surface area contributed by atoms with E-state index >= 15 is 0 Å². The number of amides is 1. The summed E-state index contributed by atoms with van der Waals surface area (Å²) in [6.07, 6.45) is -3.43. The van der Waals surface area contributed by atoms with Crippen molar-refractivity contribution in [3.63, 3.8) is 0 Å². The van der Waals surface area contributed by atoms with E-state index in [1.54, 1.807) is 19.2 Å². The van der Waals surface area contributed by atoms with Gasteiger partial charge in [0.05, 0.1) is 18.6 Å². The van der Waals surface area contributed by atoms with Gasteiger partial charge >= 0.3 is 6.36 Å². The first-order chi connectivity index (χ1) is 15.8. The lowest BCUT2D eigenvalue weighted by Crippen LogP contribution is -2.17. The molecule has 0 saturated heterocycles. The van der Waals surface area contributed by atoms with Crippen LogP contribution in [0.25, 0.3) is 16.9 Å². The number of aromatic nitrogens is 5. The number of carbonyl (C=O) groups excluding carboxylic acids is 1. The molecule has 170 valence electrons. The summed E-state index contributed by atoms with van der Waals surface area (Å²) in [4.78, 5) is 20.7. The van der Waals surface area contributed by atoms with Crippen molar-refractivity contribution >= 4 is 34.5 Å². The molecule has 0 fully saturated rings. The van der Waals surface area contributed by atoms with Crippen LogP contribution in [0.5, 0.6) is 11.5 Å². The number of nitrogens with zero attached hydrogens (tertiary/aromatic N) is 5. The zero-order valence-corrected chi connectivity index (χ0v) is 17.7. The van der Waals surface area contributed by atoms with Gasteiger partial charge in [-0.15, -0.1) is 18.3 Å². The first-order valence-corrected chi connectivity index (χ1v) is 10.3. The number of nitrogens with one attached hydrogen (secondary N) is 1. The molecule has 0 aliphatic heterocycles. The highest BCUT2D eigenvalue weighted by Crippen LogP contribution is 2.26. The monoisotopic (exact) mass is 476 g/mol. The molecule has 0 saturated carbocycles. The van der Waals surface area contributed by atoms with Crippen molar-refractivity contribution in [1.29, 1.82) is 0 Å². The molecule has 0 aliphatic rings. The Kier molecular flexibility index (Phi) is 6.31. The van der Waals surface area contributed by atoms with Gasteiger partial charge in [0.25, 0.3) is 0 Å². The summed E-state index contributed by atoms with van der Waals surface area (Å²) in [5, 5.41) is 11.3. The van der Waals surface area contributed by atoms with Crippen molar-refractivity contribution in [1.82, 2.24) is 25.0 Å². The summed E-state index contributed by atoms with van der Waals surface area (Å²) in [6.45, 7) is 0. The van der Waals surface area contributed by atoms with Gasteiger partial charge in [-0.25, -0.2) is 9.97 Å². The van der Waals surface area contributed by atoms with Gasteiger partial charge in [0.1, 0.15) is 22.9 Å². The van der Waals surface area contributed by atoms with Crippen LogP contribution < -0.4 is 14.8 Å². The minimum atomic E-state index is -4.78. The fraction of sp³-hybridized carbons (Fsp3) is 0.150. The Balaban J connectivity index is 1.43. The quantitative estimate of drug-likeness (QED) is 0.317. The minimum Gasteiger partial charge on any atom is -0.497 e. The summed E-state index contributed by atoms with van der Waals surface area (Å²) >= 11 is 1.13. The summed E-state index contributed by atoms with van der Waals surface area (Å²) in [6, 6.07) is 12.1. The van der Waals surface area contributed by atoms with Crippen LogP contribution in [0.4, 0.5) is 18.9 Å². The predicted octanol–water partition coefficient (Wildman–Crippen LogP) is 3.85. The molecule has 0 atom stereocenters. The molecule has 2 aromatic carbocycles. The number of rotatable bonds is 7. The maximum absolute atomic E-state index is 12.3. The zero-order chi connectivity index (χ0) is 23.4. The fourth-order valence-electron chi connectivity index (χ4n) is 2.82. The number of ether oxygens (including phenoxy) is 2. The van der Waals surface area contributed by atoms with Crippen molar-refractivity contribution in [3.8, 4) is 17.2 Å². The Hall–Kier alpha value is -3.87. The largest absolute Gasteiger partial charge is 0.573 e. The van der Waals surface area contributed by atoms with Crippen molar-refractivity contribution in [2.24, 2.45) is 0 Å². The van der Waals surface area contributed by atoms with Gasteiger partial charge in [0.15, 0.2) is 11.2 Å². The number of anilines is 1. The summed E-state index contributed by atoms with van der Waals surface area (Å²) in [5.41, 5.74) is 1.90. The third kappa shape index (κ3) is 5.49. The highest BCUT2D eigenvalue weighted by molar-refractivity contribution is 8.00. The van der Waals surface area contributed by atoms with Crippen molar-refractivity contribution in [3.05, 3.63) is 54.9 Å². The Morgan fingerprint density at radius 3 is 2.64 bits per heavy atom. The average Bonchev–Trinajstić information content (AvgIpc) is 3.23. The molecule has 33 heavy (non-hydrogen) atoms. The van der Waals surface area contributed by atoms with Crippen LogP contribution in [0, 0.1) is 0 Å². The first kappa shape index (κ1) is 22.3. The van der Waals surface area contributed by atoms with Crippen LogP contribution in [0.2, 0.25) is 0 Å². The molecular formula is C20H15F3N6O3S. The van der Waals surface area contributed by atoms with E-state index in [4.69, 9.17) is 4.74 Å². The fourth-order valence-corrected chi connectivity index (χ4v) is 3.55. The molecule has 2 heterocycles. The molecule has 0 bridgehead atoms. The van der Waals surface area contributed by atoms with Gasteiger partial charge in [-0.3, -0.25) is 4.79 Å². The maximum atomic E-state index is 12.3. The first-order valence-electron chi connectivity index (χ1n) is 9.32. The van der Waals surface area contributed by atoms with E-state index < -0.39 is 6.36 Å². The molecule has 1 N–H and O–H groups in total. The second-order valence-electron chi connectivity index (χ2n) is 6.46. The SMILES string of the molecule is COc1cccc(-n2nnc3c(SCC(=O)Nc4ccc(OC(F)(F)F)cc4)ncnc32)c1. The number of fused-ring (bicyclic) bond motifs is 1. The zero-order valence-electron chi connectivity index (χ0n) is 16.9. The topological polar surface area (TPSA) is 104 Å². The van der Waals surface area contributed by atoms with Crippen molar-refractivity contribution in [2.75, 3.05) is 18.2 Å². The summed E-state index contributed by atoms with van der Waals surface area (Å²) in [7, 11) is 1.56. The van der Waals surface area contributed by atoms with Crippen molar-refractivity contribution in [2.45, 2.75) is 11.4 Å². The van der Waals surface area contributed by atoms with Gasteiger partial charge in [0.2, 0.25) is 5.91 Å².